The predicted octanol–water partition coefficient (Wildman–Crippen LogP) is 4.79. The summed E-state index contributed by atoms with van der Waals surface area (Å²) in [6.45, 7) is 2.83. The number of aliphatic hydroxyl groups excluding tert-OH is 1. The molecule has 9 heteroatoms. The topological polar surface area (TPSA) is 97.6 Å². The Morgan fingerprint density at radius 1 is 1.05 bits per heavy atom. The van der Waals surface area contributed by atoms with Crippen LogP contribution in [0.1, 0.15) is 40.2 Å². The van der Waals surface area contributed by atoms with Crippen LogP contribution >= 0.6 is 11.6 Å². The maximum atomic E-state index is 12.6. The highest BCUT2D eigenvalue weighted by atomic mass is 35.5. The number of sulfone groups is 1. The number of methoxy groups -OCH3 is 1. The maximum absolute atomic E-state index is 12.6. The third-order valence-corrected chi connectivity index (χ3v) is 7.85. The molecule has 0 saturated carbocycles. The summed E-state index contributed by atoms with van der Waals surface area (Å²) in [5, 5.41) is 15.4. The molecule has 0 amide bonds. The molecule has 0 radical (unpaired) electrons. The minimum Gasteiger partial charge on any atom is -0.464 e. The lowest BCUT2D eigenvalue weighted by molar-refractivity contribution is 0.0589. The summed E-state index contributed by atoms with van der Waals surface area (Å²) in [6.07, 6.45) is 1.23. The van der Waals surface area contributed by atoms with Crippen LogP contribution in [-0.4, -0.2) is 50.0 Å². The van der Waals surface area contributed by atoms with E-state index < -0.39 is 21.9 Å². The van der Waals surface area contributed by atoms with E-state index in [4.69, 9.17) is 16.3 Å². The van der Waals surface area contributed by atoms with E-state index in [0.29, 0.717) is 23.8 Å². The van der Waals surface area contributed by atoms with E-state index in [0.717, 1.165) is 34.0 Å². The zero-order valence-electron chi connectivity index (χ0n) is 21.5. The number of aliphatic hydroxyl groups is 1. The van der Waals surface area contributed by atoms with Crippen LogP contribution in [0.25, 0.3) is 10.9 Å². The summed E-state index contributed by atoms with van der Waals surface area (Å²) < 4.78 is 30.5. The Balaban J connectivity index is 1.51. The van der Waals surface area contributed by atoms with Crippen LogP contribution in [0.5, 0.6) is 0 Å². The van der Waals surface area contributed by atoms with Crippen LogP contribution in [-0.2, 0) is 27.5 Å². The second-order valence-corrected chi connectivity index (χ2v) is 12.0. The molecule has 0 spiro atoms. The summed E-state index contributed by atoms with van der Waals surface area (Å²) in [6, 6.07) is 21.8. The molecule has 0 aliphatic carbocycles. The SMILES string of the molecule is COC(=O)c1cc2cc(C[C@@H](C)NC[C@@H](O)c3cccc(Cl)c3)ccc2n1Cc1ccc(S(C)(=O)=O)cc1. The van der Waals surface area contributed by atoms with E-state index in [-0.39, 0.29) is 10.9 Å². The van der Waals surface area contributed by atoms with E-state index in [1.54, 1.807) is 36.4 Å². The van der Waals surface area contributed by atoms with Gasteiger partial charge in [-0.3, -0.25) is 0 Å². The number of hydrogen-bond acceptors (Lipinski definition) is 6. The molecular formula is C29H31ClN2O5S. The Morgan fingerprint density at radius 3 is 2.42 bits per heavy atom. The molecule has 2 N–H and O–H groups in total. The number of hydrogen-bond donors (Lipinski definition) is 2. The highest BCUT2D eigenvalue weighted by Gasteiger charge is 2.18. The summed E-state index contributed by atoms with van der Waals surface area (Å²) in [4.78, 5) is 12.8. The zero-order chi connectivity index (χ0) is 27.4. The molecule has 4 rings (SSSR count). The first-order valence-electron chi connectivity index (χ1n) is 12.2. The summed E-state index contributed by atoms with van der Waals surface area (Å²) in [5.41, 5.74) is 4.00. The average molecular weight is 555 g/mol. The van der Waals surface area contributed by atoms with Crippen LogP contribution < -0.4 is 5.32 Å². The molecule has 7 nitrogen and oxygen atoms in total. The molecule has 38 heavy (non-hydrogen) atoms. The van der Waals surface area contributed by atoms with Gasteiger partial charge in [-0.25, -0.2) is 13.2 Å². The van der Waals surface area contributed by atoms with Gasteiger partial charge in [0.1, 0.15) is 5.69 Å². The number of benzene rings is 3. The fourth-order valence-corrected chi connectivity index (χ4v) is 5.32. The van der Waals surface area contributed by atoms with Crippen molar-refractivity contribution in [3.63, 3.8) is 0 Å². The molecule has 2 atom stereocenters. The van der Waals surface area contributed by atoms with Crippen molar-refractivity contribution in [3.8, 4) is 0 Å². The van der Waals surface area contributed by atoms with Gasteiger partial charge in [0, 0.05) is 41.3 Å². The summed E-state index contributed by atoms with van der Waals surface area (Å²) in [5.74, 6) is -0.444. The summed E-state index contributed by atoms with van der Waals surface area (Å²) >= 11 is 6.03. The number of rotatable bonds is 10. The molecule has 1 aromatic heterocycles. The first-order valence-corrected chi connectivity index (χ1v) is 14.5. The smallest absolute Gasteiger partial charge is 0.354 e. The first-order chi connectivity index (χ1) is 18.0. The normalized spacial score (nSPS) is 13.4. The number of esters is 1. The maximum Gasteiger partial charge on any atom is 0.354 e. The molecule has 0 aliphatic rings. The first kappa shape index (κ1) is 27.9. The van der Waals surface area contributed by atoms with Gasteiger partial charge in [-0.15, -0.1) is 0 Å². The average Bonchev–Trinajstić information content (AvgIpc) is 3.24. The second kappa shape index (κ2) is 11.7. The second-order valence-electron chi connectivity index (χ2n) is 9.50. The number of nitrogens with zero attached hydrogens (tertiary/aromatic N) is 1. The van der Waals surface area contributed by atoms with Crippen LogP contribution in [0.2, 0.25) is 5.02 Å². The van der Waals surface area contributed by atoms with E-state index >= 15 is 0 Å². The van der Waals surface area contributed by atoms with Crippen LogP contribution in [0, 0.1) is 0 Å². The lowest BCUT2D eigenvalue weighted by Gasteiger charge is -2.18. The monoisotopic (exact) mass is 554 g/mol. The van der Waals surface area contributed by atoms with Crippen molar-refractivity contribution < 1.29 is 23.1 Å². The molecular weight excluding hydrogens is 524 g/mol. The molecule has 4 aromatic rings. The van der Waals surface area contributed by atoms with Gasteiger partial charge in [0.25, 0.3) is 0 Å². The van der Waals surface area contributed by atoms with Gasteiger partial charge in [0.15, 0.2) is 9.84 Å². The number of carbonyl (C=O) groups excluding carboxylic acids is 1. The van der Waals surface area contributed by atoms with Crippen LogP contribution in [0.15, 0.2) is 77.7 Å². The minimum atomic E-state index is -3.29. The Bertz CT molecular complexity index is 1550. The predicted molar refractivity (Wildman–Crippen MR) is 150 cm³/mol. The number of aromatic nitrogens is 1. The van der Waals surface area contributed by atoms with Crippen molar-refractivity contribution in [3.05, 3.63) is 100 Å². The number of carbonyl (C=O) groups is 1. The third kappa shape index (κ3) is 6.63. The zero-order valence-corrected chi connectivity index (χ0v) is 23.1. The minimum absolute atomic E-state index is 0.0943. The molecule has 3 aromatic carbocycles. The third-order valence-electron chi connectivity index (χ3n) is 6.49. The lowest BCUT2D eigenvalue weighted by atomic mass is 10.0. The van der Waals surface area contributed by atoms with Crippen LogP contribution in [0.3, 0.4) is 0 Å². The number of nitrogens with one attached hydrogen (secondary N) is 1. The molecule has 0 unspecified atom stereocenters. The van der Waals surface area contributed by atoms with Crippen molar-refractivity contribution in [1.82, 2.24) is 9.88 Å². The van der Waals surface area contributed by atoms with Crippen molar-refractivity contribution in [2.75, 3.05) is 19.9 Å². The largest absolute Gasteiger partial charge is 0.464 e. The van der Waals surface area contributed by atoms with Crippen molar-refractivity contribution >= 4 is 38.3 Å². The molecule has 0 fully saturated rings. The van der Waals surface area contributed by atoms with Gasteiger partial charge < -0.3 is 19.7 Å². The van der Waals surface area contributed by atoms with Gasteiger partial charge >= 0.3 is 5.97 Å². The van der Waals surface area contributed by atoms with Crippen molar-refractivity contribution in [1.29, 1.82) is 0 Å². The fourth-order valence-electron chi connectivity index (χ4n) is 4.49. The standard InChI is InChI=1S/C29H31ClN2O5S/c1-19(31-17-28(33)22-5-4-6-24(30)15-22)13-21-9-12-26-23(14-21)16-27(29(34)37-2)32(26)18-20-7-10-25(11-8-20)38(3,35)36/h4-12,14-16,19,28,31,33H,13,17-18H2,1-3H3/t19-,28-/m1/s1. The van der Waals surface area contributed by atoms with Crippen molar-refractivity contribution in [2.24, 2.45) is 0 Å². The summed E-state index contributed by atoms with van der Waals surface area (Å²) in [7, 11) is -1.94. The van der Waals surface area contributed by atoms with Gasteiger partial charge in [0.05, 0.1) is 18.1 Å². The number of fused-ring (bicyclic) bond motifs is 1. The highest BCUT2D eigenvalue weighted by molar-refractivity contribution is 7.90. The van der Waals surface area contributed by atoms with Crippen LogP contribution in [0.4, 0.5) is 0 Å². The van der Waals surface area contributed by atoms with E-state index in [1.165, 1.54) is 13.4 Å². The Kier molecular flexibility index (Phi) is 8.57. The van der Waals surface area contributed by atoms with E-state index in [1.807, 2.05) is 34.9 Å². The molecule has 0 bridgehead atoms. The van der Waals surface area contributed by atoms with Crippen molar-refractivity contribution in [2.45, 2.75) is 36.9 Å². The highest BCUT2D eigenvalue weighted by Crippen LogP contribution is 2.25. The number of halogens is 1. The number of ether oxygens (including phenoxy) is 1. The van der Waals surface area contributed by atoms with Gasteiger partial charge in [-0.2, -0.15) is 0 Å². The molecule has 200 valence electrons. The molecule has 1 heterocycles. The Labute approximate surface area is 227 Å². The molecule has 0 aliphatic heterocycles. The molecule has 0 saturated heterocycles. The quantitative estimate of drug-likeness (QED) is 0.274. The van der Waals surface area contributed by atoms with E-state index in [2.05, 4.69) is 18.3 Å². The Morgan fingerprint density at radius 2 is 1.76 bits per heavy atom. The van der Waals surface area contributed by atoms with Gasteiger partial charge in [0.2, 0.25) is 0 Å². The van der Waals surface area contributed by atoms with E-state index in [9.17, 15) is 18.3 Å². The van der Waals surface area contributed by atoms with Gasteiger partial charge in [-0.05, 0) is 72.5 Å². The lowest BCUT2D eigenvalue weighted by Crippen LogP contribution is -2.32. The van der Waals surface area contributed by atoms with Gasteiger partial charge in [-0.1, -0.05) is 41.9 Å². The Hall–Kier alpha value is -3.17. The fraction of sp³-hybridized carbons (Fsp3) is 0.276.